The number of unbranched alkanes of at least 4 members (excludes halogenated alkanes) is 1. The molecule has 0 amide bonds. The van der Waals surface area contributed by atoms with Gasteiger partial charge < -0.3 is 14.9 Å². The average Bonchev–Trinajstić information content (AvgIpc) is 3.35. The van der Waals surface area contributed by atoms with Crippen molar-refractivity contribution in [2.45, 2.75) is 76.4 Å². The van der Waals surface area contributed by atoms with Crippen LogP contribution in [0.3, 0.4) is 0 Å². The maximum atomic E-state index is 12.4. The van der Waals surface area contributed by atoms with Crippen molar-refractivity contribution >= 4 is 23.1 Å². The summed E-state index contributed by atoms with van der Waals surface area (Å²) < 4.78 is 4.63. The van der Waals surface area contributed by atoms with Gasteiger partial charge in [0, 0.05) is 35.0 Å². The Morgan fingerprint density at radius 2 is 2.16 bits per heavy atom. The second-order valence-electron chi connectivity index (χ2n) is 9.25. The molecule has 0 aliphatic heterocycles. The van der Waals surface area contributed by atoms with Crippen molar-refractivity contribution in [3.8, 4) is 0 Å². The Kier molecular flexibility index (Phi) is 9.26. The first-order chi connectivity index (χ1) is 15.4. The quantitative estimate of drug-likeness (QED) is 0.270. The van der Waals surface area contributed by atoms with Crippen LogP contribution in [-0.2, 0) is 20.7 Å². The molecule has 0 saturated heterocycles. The summed E-state index contributed by atoms with van der Waals surface area (Å²) >= 11 is 1.75. The highest BCUT2D eigenvalue weighted by Crippen LogP contribution is 2.48. The van der Waals surface area contributed by atoms with E-state index in [1.54, 1.807) is 11.3 Å². The lowest BCUT2D eigenvalue weighted by Gasteiger charge is -2.45. The van der Waals surface area contributed by atoms with Crippen LogP contribution in [0.4, 0.5) is 0 Å². The van der Waals surface area contributed by atoms with Crippen LogP contribution in [0.1, 0.15) is 62.7 Å². The van der Waals surface area contributed by atoms with E-state index in [-0.39, 0.29) is 35.4 Å². The van der Waals surface area contributed by atoms with Gasteiger partial charge in [0.05, 0.1) is 19.3 Å². The standard InChI is InChI=1S/C26H36O5S/c1-31-25(30)13-5-3-2-4-10-20-21(23(28)17-22(20)27)11-6-12-24(29)26(14-8-15-26)18-19-9-7-16-32-19/h2,4,6-7,9,11,16,20-21,23-24,28-29H,3,5,8,10,12-15,17-18H2,1H3/b4-2+,11-6+/t20-,21-,23-,24?/m1/s1. The fraction of sp³-hybridized carbons (Fsp3) is 0.615. The summed E-state index contributed by atoms with van der Waals surface area (Å²) in [4.78, 5) is 24.9. The van der Waals surface area contributed by atoms with Gasteiger partial charge in [0.15, 0.2) is 0 Å². The van der Waals surface area contributed by atoms with Crippen LogP contribution in [0.5, 0.6) is 0 Å². The molecule has 0 bridgehead atoms. The highest BCUT2D eigenvalue weighted by atomic mass is 32.1. The molecular weight excluding hydrogens is 424 g/mol. The van der Waals surface area contributed by atoms with E-state index in [4.69, 9.17) is 0 Å². The number of hydrogen-bond acceptors (Lipinski definition) is 6. The van der Waals surface area contributed by atoms with Gasteiger partial charge in [0.1, 0.15) is 5.78 Å². The maximum Gasteiger partial charge on any atom is 0.305 e. The van der Waals surface area contributed by atoms with Gasteiger partial charge in [-0.3, -0.25) is 9.59 Å². The normalized spacial score (nSPS) is 26.0. The van der Waals surface area contributed by atoms with Crippen molar-refractivity contribution in [1.29, 1.82) is 0 Å². The summed E-state index contributed by atoms with van der Waals surface area (Å²) in [5.74, 6) is -0.540. The Morgan fingerprint density at radius 1 is 1.34 bits per heavy atom. The summed E-state index contributed by atoms with van der Waals surface area (Å²) in [5, 5.41) is 23.4. The van der Waals surface area contributed by atoms with Crippen molar-refractivity contribution in [2.75, 3.05) is 7.11 Å². The van der Waals surface area contributed by atoms with E-state index in [2.05, 4.69) is 22.2 Å². The first kappa shape index (κ1) is 24.9. The number of methoxy groups -OCH3 is 1. The third-order valence-electron chi connectivity index (χ3n) is 7.15. The number of aliphatic hydroxyl groups excluding tert-OH is 2. The molecular formula is C26H36O5S. The molecule has 5 nitrogen and oxygen atoms in total. The maximum absolute atomic E-state index is 12.4. The Labute approximate surface area is 195 Å². The molecule has 32 heavy (non-hydrogen) atoms. The Hall–Kier alpha value is -1.76. The second kappa shape index (κ2) is 11.9. The number of carbonyl (C=O) groups excluding carboxylic acids is 2. The highest BCUT2D eigenvalue weighted by Gasteiger charge is 2.43. The van der Waals surface area contributed by atoms with Crippen molar-refractivity contribution < 1.29 is 24.5 Å². The van der Waals surface area contributed by atoms with Crippen LogP contribution in [-0.4, -0.2) is 41.3 Å². The lowest BCUT2D eigenvalue weighted by molar-refractivity contribution is -0.140. The molecule has 4 atom stereocenters. The first-order valence-electron chi connectivity index (χ1n) is 11.7. The molecule has 2 N–H and O–H groups in total. The summed E-state index contributed by atoms with van der Waals surface area (Å²) in [6.07, 6.45) is 14.2. The number of ketones is 1. The minimum absolute atomic E-state index is 0.0361. The number of carbonyl (C=O) groups is 2. The topological polar surface area (TPSA) is 83.8 Å². The molecule has 1 aromatic rings. The van der Waals surface area contributed by atoms with Crippen molar-refractivity contribution in [1.82, 2.24) is 0 Å². The lowest BCUT2D eigenvalue weighted by atomic mass is 9.62. The van der Waals surface area contributed by atoms with Crippen LogP contribution in [0.25, 0.3) is 0 Å². The van der Waals surface area contributed by atoms with E-state index in [0.29, 0.717) is 19.3 Å². The van der Waals surface area contributed by atoms with Crippen molar-refractivity contribution in [2.24, 2.45) is 17.3 Å². The molecule has 0 aromatic carbocycles. The van der Waals surface area contributed by atoms with Gasteiger partial charge in [-0.15, -0.1) is 11.3 Å². The number of Topliss-reactive ketones (excluding diaryl/α,β-unsaturated/α-hetero) is 1. The number of allylic oxidation sites excluding steroid dienone is 2. The number of rotatable bonds is 12. The van der Waals surface area contributed by atoms with Gasteiger partial charge in [-0.05, 0) is 56.4 Å². The largest absolute Gasteiger partial charge is 0.469 e. The van der Waals surface area contributed by atoms with E-state index >= 15 is 0 Å². The molecule has 2 saturated carbocycles. The SMILES string of the molecule is COC(=O)CCC/C=C/C[C@H]1C(=O)C[C@@H](O)[C@@H]1/C=C/CC(O)C1(Cc2cccs2)CCC1. The zero-order valence-electron chi connectivity index (χ0n) is 18.9. The van der Waals surface area contributed by atoms with Crippen molar-refractivity contribution in [3.05, 3.63) is 46.7 Å². The van der Waals surface area contributed by atoms with Gasteiger partial charge in [-0.25, -0.2) is 0 Å². The molecule has 2 aliphatic carbocycles. The van der Waals surface area contributed by atoms with Gasteiger partial charge in [0.25, 0.3) is 0 Å². The molecule has 1 aromatic heterocycles. The zero-order chi connectivity index (χ0) is 23.0. The molecule has 6 heteroatoms. The molecule has 0 radical (unpaired) electrons. The zero-order valence-corrected chi connectivity index (χ0v) is 19.8. The molecule has 3 rings (SSSR count). The lowest BCUT2D eigenvalue weighted by Crippen LogP contribution is -2.42. The minimum Gasteiger partial charge on any atom is -0.469 e. The first-order valence-corrected chi connectivity index (χ1v) is 12.6. The minimum atomic E-state index is -0.655. The third-order valence-corrected chi connectivity index (χ3v) is 8.03. The molecule has 2 aliphatic rings. The smallest absolute Gasteiger partial charge is 0.305 e. The number of esters is 1. The van der Waals surface area contributed by atoms with Crippen LogP contribution < -0.4 is 0 Å². The van der Waals surface area contributed by atoms with Crippen molar-refractivity contribution in [3.63, 3.8) is 0 Å². The Balaban J connectivity index is 1.50. The van der Waals surface area contributed by atoms with Gasteiger partial charge >= 0.3 is 5.97 Å². The molecule has 0 spiro atoms. The highest BCUT2D eigenvalue weighted by molar-refractivity contribution is 7.09. The summed E-state index contributed by atoms with van der Waals surface area (Å²) in [7, 11) is 1.39. The molecule has 2 fully saturated rings. The van der Waals surface area contributed by atoms with Crippen LogP contribution in [0, 0.1) is 17.3 Å². The van der Waals surface area contributed by atoms with E-state index in [0.717, 1.165) is 38.5 Å². The van der Waals surface area contributed by atoms with E-state index in [9.17, 15) is 19.8 Å². The summed E-state index contributed by atoms with van der Waals surface area (Å²) in [6.45, 7) is 0. The number of hydrogen-bond donors (Lipinski definition) is 2. The fourth-order valence-corrected chi connectivity index (χ4v) is 5.85. The van der Waals surface area contributed by atoms with Crippen LogP contribution in [0.2, 0.25) is 0 Å². The van der Waals surface area contributed by atoms with E-state index in [1.807, 2.05) is 24.3 Å². The van der Waals surface area contributed by atoms with Crippen LogP contribution in [0.15, 0.2) is 41.8 Å². The Bertz CT molecular complexity index is 793. The molecule has 1 heterocycles. The number of ether oxygens (including phenoxy) is 1. The van der Waals surface area contributed by atoms with Gasteiger partial charge in [-0.2, -0.15) is 0 Å². The van der Waals surface area contributed by atoms with Gasteiger partial charge in [0.2, 0.25) is 0 Å². The number of thiophene rings is 1. The average molecular weight is 461 g/mol. The molecule has 1 unspecified atom stereocenters. The molecule has 176 valence electrons. The third kappa shape index (κ3) is 6.40. The van der Waals surface area contributed by atoms with Gasteiger partial charge in [-0.1, -0.05) is 36.8 Å². The predicted molar refractivity (Wildman–Crippen MR) is 126 cm³/mol. The fourth-order valence-electron chi connectivity index (χ4n) is 4.99. The van der Waals surface area contributed by atoms with Crippen LogP contribution >= 0.6 is 11.3 Å². The summed E-state index contributed by atoms with van der Waals surface area (Å²) in [5.41, 5.74) is -0.0361. The summed E-state index contributed by atoms with van der Waals surface area (Å²) in [6, 6.07) is 4.20. The van der Waals surface area contributed by atoms with E-state index in [1.165, 1.54) is 12.0 Å². The monoisotopic (exact) mass is 460 g/mol. The second-order valence-corrected chi connectivity index (χ2v) is 10.3. The number of aliphatic hydroxyl groups is 2. The Morgan fingerprint density at radius 3 is 2.81 bits per heavy atom. The van der Waals surface area contributed by atoms with E-state index < -0.39 is 12.2 Å². The predicted octanol–water partition coefficient (Wildman–Crippen LogP) is 4.62.